The number of hydrogen-bond acceptors (Lipinski definition) is 3. The average Bonchev–Trinajstić information content (AvgIpc) is 2.51. The molecule has 0 saturated heterocycles. The van der Waals surface area contributed by atoms with Gasteiger partial charge in [-0.25, -0.2) is 0 Å². The smallest absolute Gasteiger partial charge is 0.189 e. The molecule has 0 bridgehead atoms. The molecule has 0 saturated carbocycles. The lowest BCUT2D eigenvalue weighted by Gasteiger charge is -2.06. The average molecular weight is 298 g/mol. The minimum atomic E-state index is 0.188. The van der Waals surface area contributed by atoms with Gasteiger partial charge < -0.3 is 9.47 Å². The lowest BCUT2D eigenvalue weighted by Crippen LogP contribution is -2.02. The van der Waals surface area contributed by atoms with E-state index in [1.807, 2.05) is 6.08 Å². The summed E-state index contributed by atoms with van der Waals surface area (Å²) in [7, 11) is 0. The summed E-state index contributed by atoms with van der Waals surface area (Å²) < 4.78 is 10.7. The topological polar surface area (TPSA) is 35.5 Å². The monoisotopic (exact) mass is 298 g/mol. The molecule has 0 radical (unpaired) electrons. The molecule has 0 aliphatic rings. The fourth-order valence-electron chi connectivity index (χ4n) is 2.11. The number of allylic oxidation sites excluding steroid dienone is 2. The number of unbranched alkanes of at least 4 members (excludes halogenated alkanes) is 9. The van der Waals surface area contributed by atoms with Crippen molar-refractivity contribution in [1.82, 2.24) is 0 Å². The van der Waals surface area contributed by atoms with Crippen molar-refractivity contribution < 1.29 is 14.3 Å². The quantitative estimate of drug-likeness (QED) is 0.126. The first kappa shape index (κ1) is 20.2. The van der Waals surface area contributed by atoms with Gasteiger partial charge in [-0.2, -0.15) is 0 Å². The molecule has 0 unspecified atom stereocenters. The van der Waals surface area contributed by atoms with Gasteiger partial charge in [0.2, 0.25) is 0 Å². The fourth-order valence-corrected chi connectivity index (χ4v) is 2.11. The van der Waals surface area contributed by atoms with Crippen LogP contribution in [-0.4, -0.2) is 19.7 Å². The van der Waals surface area contributed by atoms with E-state index in [0.717, 1.165) is 25.5 Å². The van der Waals surface area contributed by atoms with Gasteiger partial charge in [-0.15, -0.1) is 0 Å². The minimum absolute atomic E-state index is 0.188. The number of carbonyl (C=O) groups excluding carboxylic acids is 1. The van der Waals surface area contributed by atoms with Crippen LogP contribution in [0.5, 0.6) is 0 Å². The second-order valence-corrected chi connectivity index (χ2v) is 5.51. The first-order valence-electron chi connectivity index (χ1n) is 8.71. The summed E-state index contributed by atoms with van der Waals surface area (Å²) in [6.45, 7) is 5.31. The second-order valence-electron chi connectivity index (χ2n) is 5.51. The molecule has 0 fully saturated rings. The highest BCUT2D eigenvalue weighted by atomic mass is 16.7. The first-order valence-corrected chi connectivity index (χ1v) is 8.71. The van der Waals surface area contributed by atoms with E-state index in [1.54, 1.807) is 0 Å². The Balaban J connectivity index is 3.46. The molecule has 0 aliphatic carbocycles. The van der Waals surface area contributed by atoms with Crippen LogP contribution >= 0.6 is 0 Å². The minimum Gasteiger partial charge on any atom is -0.464 e. The van der Waals surface area contributed by atoms with Crippen LogP contribution in [0.2, 0.25) is 0 Å². The molecule has 0 N–H and O–H groups in total. The number of hydrogen-bond donors (Lipinski definition) is 0. The van der Waals surface area contributed by atoms with Gasteiger partial charge in [-0.1, -0.05) is 65.2 Å². The largest absolute Gasteiger partial charge is 0.464 e. The Hall–Kier alpha value is -0.830. The Labute approximate surface area is 131 Å². The molecule has 3 heteroatoms. The zero-order chi connectivity index (χ0) is 15.6. The molecular formula is C18H34O3. The van der Waals surface area contributed by atoms with Gasteiger partial charge in [0, 0.05) is 0 Å². The van der Waals surface area contributed by atoms with E-state index in [2.05, 4.69) is 13.8 Å². The highest BCUT2D eigenvalue weighted by Gasteiger charge is 1.97. The third kappa shape index (κ3) is 15.4. The molecule has 0 aliphatic heterocycles. The van der Waals surface area contributed by atoms with Crippen LogP contribution in [-0.2, 0) is 14.3 Å². The van der Waals surface area contributed by atoms with Crippen molar-refractivity contribution in [2.45, 2.75) is 84.5 Å². The molecule has 0 atom stereocenters. The maximum atomic E-state index is 10.9. The Kier molecular flexibility index (Phi) is 16.5. The van der Waals surface area contributed by atoms with Crippen LogP contribution < -0.4 is 0 Å². The Morgan fingerprint density at radius 1 is 0.857 bits per heavy atom. The summed E-state index contributed by atoms with van der Waals surface area (Å²) in [5, 5.41) is 0. The zero-order valence-corrected chi connectivity index (χ0v) is 14.1. The van der Waals surface area contributed by atoms with Crippen molar-refractivity contribution in [3.63, 3.8) is 0 Å². The van der Waals surface area contributed by atoms with Crippen LogP contribution in [0.3, 0.4) is 0 Å². The zero-order valence-electron chi connectivity index (χ0n) is 14.1. The molecule has 0 spiro atoms. The number of rotatable bonds is 16. The number of aldehydes is 1. The van der Waals surface area contributed by atoms with E-state index in [-0.39, 0.29) is 6.79 Å². The molecule has 0 amide bonds. The van der Waals surface area contributed by atoms with Crippen molar-refractivity contribution >= 4 is 6.29 Å². The van der Waals surface area contributed by atoms with Crippen LogP contribution in [0.15, 0.2) is 11.8 Å². The van der Waals surface area contributed by atoms with Gasteiger partial charge in [0.05, 0.1) is 6.61 Å². The van der Waals surface area contributed by atoms with Crippen LogP contribution in [0.25, 0.3) is 0 Å². The van der Waals surface area contributed by atoms with Crippen molar-refractivity contribution in [1.29, 1.82) is 0 Å². The Bertz CT molecular complexity index is 249. The molecular weight excluding hydrogens is 264 g/mol. The third-order valence-corrected chi connectivity index (χ3v) is 3.47. The molecule has 0 heterocycles. The summed E-state index contributed by atoms with van der Waals surface area (Å²) in [5.41, 5.74) is 0. The van der Waals surface area contributed by atoms with Gasteiger partial charge in [0.25, 0.3) is 0 Å². The molecule has 3 nitrogen and oxygen atoms in total. The Morgan fingerprint density at radius 3 is 2.14 bits per heavy atom. The third-order valence-electron chi connectivity index (χ3n) is 3.47. The van der Waals surface area contributed by atoms with E-state index in [0.29, 0.717) is 12.4 Å². The maximum Gasteiger partial charge on any atom is 0.189 e. The van der Waals surface area contributed by atoms with Gasteiger partial charge >= 0.3 is 0 Å². The van der Waals surface area contributed by atoms with Gasteiger partial charge in [0.1, 0.15) is 0 Å². The van der Waals surface area contributed by atoms with E-state index < -0.39 is 0 Å². The molecule has 21 heavy (non-hydrogen) atoms. The lowest BCUT2D eigenvalue weighted by molar-refractivity contribution is -0.111. The van der Waals surface area contributed by atoms with E-state index >= 15 is 0 Å². The summed E-state index contributed by atoms with van der Waals surface area (Å²) >= 11 is 0. The predicted octanol–water partition coefficient (Wildman–Crippen LogP) is 5.39. The molecule has 0 aromatic carbocycles. The standard InChI is InChI=1S/C18H34O3/c1-3-5-7-9-10-11-12-14-18(16-19)21-17-20-15-13-8-6-4-2/h14,16H,3-13,15,17H2,1-2H3. The molecule has 0 rings (SSSR count). The van der Waals surface area contributed by atoms with Crippen molar-refractivity contribution in [2.24, 2.45) is 0 Å². The van der Waals surface area contributed by atoms with Crippen molar-refractivity contribution in [3.05, 3.63) is 11.8 Å². The number of ether oxygens (including phenoxy) is 2. The summed E-state index contributed by atoms with van der Waals surface area (Å²) in [5.74, 6) is 0.414. The molecule has 0 aromatic rings. The van der Waals surface area contributed by atoms with E-state index in [4.69, 9.17) is 9.47 Å². The van der Waals surface area contributed by atoms with Crippen LogP contribution in [0, 0.1) is 0 Å². The van der Waals surface area contributed by atoms with Gasteiger partial charge in [-0.3, -0.25) is 4.79 Å². The van der Waals surface area contributed by atoms with Crippen LogP contribution in [0.4, 0.5) is 0 Å². The second kappa shape index (κ2) is 17.2. The fraction of sp³-hybridized carbons (Fsp3) is 0.833. The molecule has 124 valence electrons. The van der Waals surface area contributed by atoms with Crippen LogP contribution in [0.1, 0.15) is 84.5 Å². The summed E-state index contributed by atoms with van der Waals surface area (Å²) in [4.78, 5) is 10.9. The lowest BCUT2D eigenvalue weighted by atomic mass is 10.1. The predicted molar refractivity (Wildman–Crippen MR) is 88.2 cm³/mol. The molecule has 0 aromatic heterocycles. The SMILES string of the molecule is CCCCCCCCC=C(C=O)OCOCCCCCC. The van der Waals surface area contributed by atoms with Gasteiger partial charge in [-0.05, 0) is 25.3 Å². The van der Waals surface area contributed by atoms with Crippen molar-refractivity contribution in [3.8, 4) is 0 Å². The van der Waals surface area contributed by atoms with E-state index in [9.17, 15) is 4.79 Å². The van der Waals surface area contributed by atoms with Crippen molar-refractivity contribution in [2.75, 3.05) is 13.4 Å². The normalized spacial score (nSPS) is 11.6. The highest BCUT2D eigenvalue weighted by Crippen LogP contribution is 2.08. The maximum absolute atomic E-state index is 10.9. The summed E-state index contributed by atoms with van der Waals surface area (Å²) in [6, 6.07) is 0. The highest BCUT2D eigenvalue weighted by molar-refractivity contribution is 5.69. The van der Waals surface area contributed by atoms with Gasteiger partial charge in [0.15, 0.2) is 18.8 Å². The Morgan fingerprint density at radius 2 is 1.48 bits per heavy atom. The summed E-state index contributed by atoms with van der Waals surface area (Å²) in [6.07, 6.45) is 15.9. The first-order chi connectivity index (χ1) is 10.3. The number of carbonyl (C=O) groups is 1. The van der Waals surface area contributed by atoms with E-state index in [1.165, 1.54) is 51.4 Å².